The van der Waals surface area contributed by atoms with Crippen LogP contribution in [0.2, 0.25) is 0 Å². The van der Waals surface area contributed by atoms with Crippen molar-refractivity contribution in [3.63, 3.8) is 0 Å². The summed E-state index contributed by atoms with van der Waals surface area (Å²) in [6.07, 6.45) is 3.51. The number of hydrogen-bond donors (Lipinski definition) is 2. The summed E-state index contributed by atoms with van der Waals surface area (Å²) >= 11 is 0. The van der Waals surface area contributed by atoms with Crippen molar-refractivity contribution >= 4 is 23.2 Å². The number of aromatic nitrogens is 2. The van der Waals surface area contributed by atoms with Crippen molar-refractivity contribution in [2.75, 3.05) is 11.9 Å². The summed E-state index contributed by atoms with van der Waals surface area (Å²) < 4.78 is 6.80. The van der Waals surface area contributed by atoms with Crippen molar-refractivity contribution < 1.29 is 14.3 Å². The van der Waals surface area contributed by atoms with Gasteiger partial charge in [-0.2, -0.15) is 5.10 Å². The van der Waals surface area contributed by atoms with Gasteiger partial charge in [0, 0.05) is 18.4 Å². The van der Waals surface area contributed by atoms with E-state index in [1.165, 1.54) is 6.20 Å². The molecular weight excluding hydrogens is 296 g/mol. The lowest BCUT2D eigenvalue weighted by atomic mass is 10.2. The third-order valence-electron chi connectivity index (χ3n) is 2.95. The Bertz CT molecular complexity index is 716. The highest BCUT2D eigenvalue weighted by molar-refractivity contribution is 6.01. The van der Waals surface area contributed by atoms with E-state index in [-0.39, 0.29) is 5.91 Å². The number of pyridine rings is 1. The third kappa shape index (κ3) is 4.45. The SMILES string of the molecule is CCCNC(=O)c1cnn2ccc(NC(=O)OC(C)(C)C)cc12. The average molecular weight is 318 g/mol. The minimum absolute atomic E-state index is 0.184. The molecule has 0 bridgehead atoms. The summed E-state index contributed by atoms with van der Waals surface area (Å²) in [4.78, 5) is 24.0. The van der Waals surface area contributed by atoms with E-state index in [4.69, 9.17) is 4.74 Å². The van der Waals surface area contributed by atoms with Crippen LogP contribution in [0.3, 0.4) is 0 Å². The van der Waals surface area contributed by atoms with Gasteiger partial charge in [0.15, 0.2) is 0 Å². The van der Waals surface area contributed by atoms with Crippen LogP contribution in [0.15, 0.2) is 24.5 Å². The summed E-state index contributed by atoms with van der Waals surface area (Å²) in [7, 11) is 0. The van der Waals surface area contributed by atoms with Gasteiger partial charge in [-0.3, -0.25) is 10.1 Å². The van der Waals surface area contributed by atoms with Gasteiger partial charge in [0.05, 0.1) is 17.3 Å². The maximum absolute atomic E-state index is 12.1. The molecule has 2 aromatic heterocycles. The summed E-state index contributed by atoms with van der Waals surface area (Å²) in [5.74, 6) is -0.184. The maximum atomic E-state index is 12.1. The molecule has 0 saturated carbocycles. The number of rotatable bonds is 4. The van der Waals surface area contributed by atoms with Crippen LogP contribution in [0.1, 0.15) is 44.5 Å². The van der Waals surface area contributed by atoms with Crippen LogP contribution >= 0.6 is 0 Å². The Kier molecular flexibility index (Phi) is 4.88. The quantitative estimate of drug-likeness (QED) is 0.908. The maximum Gasteiger partial charge on any atom is 0.412 e. The predicted octanol–water partition coefficient (Wildman–Crippen LogP) is 2.82. The molecule has 0 aliphatic rings. The molecule has 0 atom stereocenters. The second-order valence-electron chi connectivity index (χ2n) is 6.19. The van der Waals surface area contributed by atoms with Crippen molar-refractivity contribution in [3.8, 4) is 0 Å². The van der Waals surface area contributed by atoms with Crippen LogP contribution in [0.4, 0.5) is 10.5 Å². The van der Waals surface area contributed by atoms with Crippen LogP contribution in [-0.2, 0) is 4.74 Å². The van der Waals surface area contributed by atoms with Gasteiger partial charge in [-0.15, -0.1) is 0 Å². The first-order chi connectivity index (χ1) is 10.8. The number of fused-ring (bicyclic) bond motifs is 1. The van der Waals surface area contributed by atoms with Gasteiger partial charge in [-0.1, -0.05) is 6.92 Å². The topological polar surface area (TPSA) is 84.7 Å². The number of nitrogens with zero attached hydrogens (tertiary/aromatic N) is 2. The van der Waals surface area contributed by atoms with Crippen molar-refractivity contribution in [2.24, 2.45) is 0 Å². The first kappa shape index (κ1) is 16.8. The molecule has 0 aliphatic carbocycles. The lowest BCUT2D eigenvalue weighted by Crippen LogP contribution is -2.27. The van der Waals surface area contributed by atoms with E-state index in [1.807, 2.05) is 6.92 Å². The number of ether oxygens (including phenoxy) is 1. The molecular formula is C16H22N4O3. The van der Waals surface area contributed by atoms with E-state index in [0.29, 0.717) is 23.3 Å². The number of hydrogen-bond acceptors (Lipinski definition) is 4. The molecule has 7 nitrogen and oxygen atoms in total. The lowest BCUT2D eigenvalue weighted by Gasteiger charge is -2.19. The number of anilines is 1. The Morgan fingerprint density at radius 3 is 2.74 bits per heavy atom. The van der Waals surface area contributed by atoms with E-state index in [9.17, 15) is 9.59 Å². The van der Waals surface area contributed by atoms with E-state index >= 15 is 0 Å². The normalized spacial score (nSPS) is 11.3. The molecule has 2 rings (SSSR count). The average Bonchev–Trinajstić information content (AvgIpc) is 2.85. The molecule has 0 unspecified atom stereocenters. The zero-order valence-corrected chi connectivity index (χ0v) is 13.8. The van der Waals surface area contributed by atoms with Crippen molar-refractivity contribution in [1.29, 1.82) is 0 Å². The smallest absolute Gasteiger partial charge is 0.412 e. The minimum Gasteiger partial charge on any atom is -0.444 e. The summed E-state index contributed by atoms with van der Waals surface area (Å²) in [5.41, 5.74) is 1.05. The molecule has 0 fully saturated rings. The standard InChI is InChI=1S/C16H22N4O3/c1-5-7-17-14(21)12-10-18-20-8-6-11(9-13(12)20)19-15(22)23-16(2,3)4/h6,8-10H,5,7H2,1-4H3,(H,17,21)(H,19,22). The second-order valence-corrected chi connectivity index (χ2v) is 6.19. The van der Waals surface area contributed by atoms with Gasteiger partial charge in [-0.25, -0.2) is 9.31 Å². The molecule has 2 N–H and O–H groups in total. The van der Waals surface area contributed by atoms with Gasteiger partial charge in [0.1, 0.15) is 5.60 Å². The fourth-order valence-corrected chi connectivity index (χ4v) is 1.99. The molecule has 7 heteroatoms. The zero-order chi connectivity index (χ0) is 17.0. The van der Waals surface area contributed by atoms with E-state index in [2.05, 4.69) is 15.7 Å². The minimum atomic E-state index is -0.573. The Morgan fingerprint density at radius 1 is 1.35 bits per heavy atom. The first-order valence-corrected chi connectivity index (χ1v) is 7.56. The molecule has 0 saturated heterocycles. The summed E-state index contributed by atoms with van der Waals surface area (Å²) in [5, 5.41) is 9.61. The number of nitrogens with one attached hydrogen (secondary N) is 2. The van der Waals surface area contributed by atoms with Gasteiger partial charge < -0.3 is 10.1 Å². The number of carbonyl (C=O) groups is 2. The summed E-state index contributed by atoms with van der Waals surface area (Å²) in [6, 6.07) is 3.38. The molecule has 2 aromatic rings. The fourth-order valence-electron chi connectivity index (χ4n) is 1.99. The van der Waals surface area contributed by atoms with Gasteiger partial charge in [0.2, 0.25) is 0 Å². The molecule has 2 amide bonds. The Labute approximate surface area is 135 Å². The highest BCUT2D eigenvalue weighted by Gasteiger charge is 2.17. The molecule has 124 valence electrons. The van der Waals surface area contributed by atoms with E-state index in [1.54, 1.807) is 43.6 Å². The van der Waals surface area contributed by atoms with Crippen LogP contribution in [-0.4, -0.2) is 33.8 Å². The van der Waals surface area contributed by atoms with Gasteiger partial charge in [0.25, 0.3) is 5.91 Å². The van der Waals surface area contributed by atoms with E-state index < -0.39 is 11.7 Å². The van der Waals surface area contributed by atoms with Crippen molar-refractivity contribution in [1.82, 2.24) is 14.9 Å². The molecule has 0 aromatic carbocycles. The summed E-state index contributed by atoms with van der Waals surface area (Å²) in [6.45, 7) is 7.97. The molecule has 0 spiro atoms. The third-order valence-corrected chi connectivity index (χ3v) is 2.95. The monoisotopic (exact) mass is 318 g/mol. The molecule has 0 radical (unpaired) electrons. The Balaban J connectivity index is 2.20. The molecule has 2 heterocycles. The lowest BCUT2D eigenvalue weighted by molar-refractivity contribution is 0.0635. The molecule has 0 aliphatic heterocycles. The van der Waals surface area contributed by atoms with Crippen LogP contribution in [0, 0.1) is 0 Å². The van der Waals surface area contributed by atoms with Crippen molar-refractivity contribution in [3.05, 3.63) is 30.1 Å². The predicted molar refractivity (Wildman–Crippen MR) is 87.7 cm³/mol. The second kappa shape index (κ2) is 6.68. The first-order valence-electron chi connectivity index (χ1n) is 7.56. The zero-order valence-electron chi connectivity index (χ0n) is 13.8. The van der Waals surface area contributed by atoms with E-state index in [0.717, 1.165) is 6.42 Å². The van der Waals surface area contributed by atoms with Crippen LogP contribution < -0.4 is 10.6 Å². The van der Waals surface area contributed by atoms with Gasteiger partial charge in [-0.05, 0) is 39.3 Å². The number of amides is 2. The Hall–Kier alpha value is -2.57. The Morgan fingerprint density at radius 2 is 2.09 bits per heavy atom. The largest absolute Gasteiger partial charge is 0.444 e. The fraction of sp³-hybridized carbons (Fsp3) is 0.438. The highest BCUT2D eigenvalue weighted by atomic mass is 16.6. The highest BCUT2D eigenvalue weighted by Crippen LogP contribution is 2.17. The van der Waals surface area contributed by atoms with Gasteiger partial charge >= 0.3 is 6.09 Å². The number of carbonyl (C=O) groups excluding carboxylic acids is 2. The van der Waals surface area contributed by atoms with Crippen LogP contribution in [0.25, 0.3) is 5.52 Å². The van der Waals surface area contributed by atoms with Crippen LogP contribution in [0.5, 0.6) is 0 Å². The molecule has 23 heavy (non-hydrogen) atoms. The van der Waals surface area contributed by atoms with Crippen molar-refractivity contribution in [2.45, 2.75) is 39.7 Å².